The number of carbonyl (C=O) groups excluding carboxylic acids is 1. The molecule has 0 aromatic rings. The Morgan fingerprint density at radius 1 is 1.35 bits per heavy atom. The molecule has 0 aromatic carbocycles. The molecule has 0 aliphatic heterocycles. The zero-order valence-corrected chi connectivity index (χ0v) is 12.7. The van der Waals surface area contributed by atoms with Gasteiger partial charge in [-0.25, -0.2) is 0 Å². The Morgan fingerprint density at radius 2 is 2.00 bits per heavy atom. The summed E-state index contributed by atoms with van der Waals surface area (Å²) in [6.07, 6.45) is 5.41. The van der Waals surface area contributed by atoms with E-state index >= 15 is 0 Å². The maximum Gasteiger partial charge on any atom is 0.237 e. The van der Waals surface area contributed by atoms with E-state index in [1.54, 1.807) is 0 Å². The van der Waals surface area contributed by atoms with E-state index in [0.29, 0.717) is 0 Å². The first kappa shape index (κ1) is 16.8. The Hall–Kier alpha value is -0.220. The number of amides is 1. The smallest absolute Gasteiger partial charge is 0.237 e. The van der Waals surface area contributed by atoms with Crippen LogP contribution in [0, 0.1) is 0 Å². The SMILES string of the molecule is CCC(C)(C)NC(=O)C(C)NCCCCSC. The third-order valence-electron chi connectivity index (χ3n) is 2.96. The summed E-state index contributed by atoms with van der Waals surface area (Å²) in [6.45, 7) is 9.03. The first-order chi connectivity index (χ1) is 7.93. The van der Waals surface area contributed by atoms with Crippen LogP contribution in [0.15, 0.2) is 0 Å². The van der Waals surface area contributed by atoms with Crippen LogP contribution in [0.4, 0.5) is 0 Å². The van der Waals surface area contributed by atoms with Crippen molar-refractivity contribution < 1.29 is 4.79 Å². The molecule has 1 atom stereocenters. The Balaban J connectivity index is 3.75. The van der Waals surface area contributed by atoms with Crippen LogP contribution >= 0.6 is 11.8 Å². The summed E-state index contributed by atoms with van der Waals surface area (Å²) in [7, 11) is 0. The van der Waals surface area contributed by atoms with Crippen LogP contribution in [0.2, 0.25) is 0 Å². The number of nitrogens with one attached hydrogen (secondary N) is 2. The summed E-state index contributed by atoms with van der Waals surface area (Å²) in [6, 6.07) is -0.102. The third-order valence-corrected chi connectivity index (χ3v) is 3.66. The van der Waals surface area contributed by atoms with Gasteiger partial charge in [0.25, 0.3) is 0 Å². The van der Waals surface area contributed by atoms with Gasteiger partial charge in [0, 0.05) is 5.54 Å². The van der Waals surface area contributed by atoms with Crippen LogP contribution in [0.1, 0.15) is 47.0 Å². The van der Waals surface area contributed by atoms with E-state index < -0.39 is 0 Å². The predicted octanol–water partition coefficient (Wildman–Crippen LogP) is 2.41. The topological polar surface area (TPSA) is 41.1 Å². The summed E-state index contributed by atoms with van der Waals surface area (Å²) in [4.78, 5) is 11.9. The third kappa shape index (κ3) is 8.50. The molecule has 0 aliphatic carbocycles. The van der Waals surface area contributed by atoms with E-state index in [2.05, 4.69) is 37.7 Å². The highest BCUT2D eigenvalue weighted by atomic mass is 32.2. The van der Waals surface area contributed by atoms with Crippen molar-refractivity contribution in [2.75, 3.05) is 18.6 Å². The highest BCUT2D eigenvalue weighted by Crippen LogP contribution is 2.07. The molecule has 1 unspecified atom stereocenters. The fourth-order valence-corrected chi connectivity index (χ4v) is 1.81. The summed E-state index contributed by atoms with van der Waals surface area (Å²) < 4.78 is 0. The lowest BCUT2D eigenvalue weighted by molar-refractivity contribution is -0.124. The van der Waals surface area contributed by atoms with Gasteiger partial charge in [-0.15, -0.1) is 0 Å². The lowest BCUT2D eigenvalue weighted by atomic mass is 10.0. The number of hydrogen-bond donors (Lipinski definition) is 2. The molecule has 0 fully saturated rings. The van der Waals surface area contributed by atoms with Crippen molar-refractivity contribution in [2.24, 2.45) is 0 Å². The maximum absolute atomic E-state index is 11.9. The van der Waals surface area contributed by atoms with E-state index in [1.807, 2.05) is 18.7 Å². The highest BCUT2D eigenvalue weighted by molar-refractivity contribution is 7.98. The number of carbonyl (C=O) groups is 1. The summed E-state index contributed by atoms with van der Waals surface area (Å²) >= 11 is 1.87. The molecule has 0 aromatic heterocycles. The second kappa shape index (κ2) is 8.81. The molecule has 0 heterocycles. The molecule has 0 radical (unpaired) electrons. The van der Waals surface area contributed by atoms with Gasteiger partial charge in [-0.2, -0.15) is 11.8 Å². The van der Waals surface area contributed by atoms with Crippen molar-refractivity contribution in [1.29, 1.82) is 0 Å². The average molecular weight is 260 g/mol. The Bertz CT molecular complexity index is 219. The van der Waals surface area contributed by atoms with Crippen molar-refractivity contribution in [3.63, 3.8) is 0 Å². The molecule has 0 saturated carbocycles. The monoisotopic (exact) mass is 260 g/mol. The summed E-state index contributed by atoms with van der Waals surface area (Å²) in [5, 5.41) is 6.32. The molecule has 0 rings (SSSR count). The zero-order valence-electron chi connectivity index (χ0n) is 11.9. The zero-order chi connectivity index (χ0) is 13.3. The van der Waals surface area contributed by atoms with Crippen LogP contribution in [0.5, 0.6) is 0 Å². The van der Waals surface area contributed by atoms with Gasteiger partial charge in [-0.05, 0) is 58.6 Å². The molecule has 0 aliphatic rings. The van der Waals surface area contributed by atoms with Crippen LogP contribution in [-0.4, -0.2) is 36.0 Å². The van der Waals surface area contributed by atoms with E-state index in [0.717, 1.165) is 19.4 Å². The number of hydrogen-bond acceptors (Lipinski definition) is 3. The van der Waals surface area contributed by atoms with Crippen LogP contribution < -0.4 is 10.6 Å². The summed E-state index contributed by atoms with van der Waals surface area (Å²) in [5.41, 5.74) is -0.105. The molecule has 17 heavy (non-hydrogen) atoms. The quantitative estimate of drug-likeness (QED) is 0.626. The average Bonchev–Trinajstić information content (AvgIpc) is 2.28. The van der Waals surface area contributed by atoms with Crippen molar-refractivity contribution >= 4 is 17.7 Å². The van der Waals surface area contributed by atoms with E-state index in [9.17, 15) is 4.79 Å². The van der Waals surface area contributed by atoms with Crippen molar-refractivity contribution in [3.8, 4) is 0 Å². The molecule has 1 amide bonds. The van der Waals surface area contributed by atoms with Gasteiger partial charge >= 0.3 is 0 Å². The van der Waals surface area contributed by atoms with Gasteiger partial charge in [0.2, 0.25) is 5.91 Å². The normalized spacial score (nSPS) is 13.5. The molecular weight excluding hydrogens is 232 g/mol. The van der Waals surface area contributed by atoms with Crippen LogP contribution in [0.3, 0.4) is 0 Å². The first-order valence-electron chi connectivity index (χ1n) is 6.47. The molecular formula is C13H28N2OS. The Kier molecular flexibility index (Phi) is 8.70. The van der Waals surface area contributed by atoms with Gasteiger partial charge in [-0.1, -0.05) is 6.92 Å². The molecule has 2 N–H and O–H groups in total. The molecule has 0 saturated heterocycles. The van der Waals surface area contributed by atoms with Crippen LogP contribution in [0.25, 0.3) is 0 Å². The largest absolute Gasteiger partial charge is 0.350 e. The van der Waals surface area contributed by atoms with Gasteiger partial charge in [0.1, 0.15) is 0 Å². The minimum absolute atomic E-state index is 0.0988. The Morgan fingerprint density at radius 3 is 2.53 bits per heavy atom. The van der Waals surface area contributed by atoms with E-state index in [4.69, 9.17) is 0 Å². The lowest BCUT2D eigenvalue weighted by Gasteiger charge is -2.26. The van der Waals surface area contributed by atoms with Gasteiger partial charge in [0.05, 0.1) is 6.04 Å². The molecule has 4 heteroatoms. The first-order valence-corrected chi connectivity index (χ1v) is 7.86. The van der Waals surface area contributed by atoms with Gasteiger partial charge in [0.15, 0.2) is 0 Å². The van der Waals surface area contributed by atoms with Crippen molar-refractivity contribution in [2.45, 2.75) is 58.5 Å². The Labute approximate surface area is 111 Å². The second-order valence-corrected chi connectivity index (χ2v) is 6.09. The minimum Gasteiger partial charge on any atom is -0.350 e. The standard InChI is InChI=1S/C13H28N2OS/c1-6-13(3,4)15-12(16)11(2)14-9-7-8-10-17-5/h11,14H,6-10H2,1-5H3,(H,15,16). The van der Waals surface area contributed by atoms with Crippen molar-refractivity contribution in [3.05, 3.63) is 0 Å². The molecule has 0 bridgehead atoms. The fraction of sp³-hybridized carbons (Fsp3) is 0.923. The minimum atomic E-state index is -0.105. The highest BCUT2D eigenvalue weighted by Gasteiger charge is 2.21. The number of thioether (sulfide) groups is 1. The number of unbranched alkanes of at least 4 members (excludes halogenated alkanes) is 1. The van der Waals surface area contributed by atoms with E-state index in [-0.39, 0.29) is 17.5 Å². The lowest BCUT2D eigenvalue weighted by Crippen LogP contribution is -2.50. The predicted molar refractivity (Wildman–Crippen MR) is 77.6 cm³/mol. The van der Waals surface area contributed by atoms with Gasteiger partial charge < -0.3 is 10.6 Å². The van der Waals surface area contributed by atoms with Crippen molar-refractivity contribution in [1.82, 2.24) is 10.6 Å². The van der Waals surface area contributed by atoms with Crippen LogP contribution in [-0.2, 0) is 4.79 Å². The summed E-state index contributed by atoms with van der Waals surface area (Å²) in [5.74, 6) is 1.30. The number of rotatable bonds is 9. The second-order valence-electron chi connectivity index (χ2n) is 5.10. The molecule has 102 valence electrons. The maximum atomic E-state index is 11.9. The molecule has 3 nitrogen and oxygen atoms in total. The van der Waals surface area contributed by atoms with E-state index in [1.165, 1.54) is 12.2 Å². The van der Waals surface area contributed by atoms with Gasteiger partial charge in [-0.3, -0.25) is 4.79 Å². The molecule has 0 spiro atoms. The fourth-order valence-electron chi connectivity index (χ4n) is 1.31.